The molecule has 2 rings (SSSR count). The Morgan fingerprint density at radius 3 is 2.94 bits per heavy atom. The van der Waals surface area contributed by atoms with Gasteiger partial charge in [-0.1, -0.05) is 11.6 Å². The zero-order valence-corrected chi connectivity index (χ0v) is 11.1. The van der Waals surface area contributed by atoms with E-state index < -0.39 is 4.92 Å². The van der Waals surface area contributed by atoms with Gasteiger partial charge in [-0.05, 0) is 23.9 Å². The Bertz CT molecular complexity index is 585. The van der Waals surface area contributed by atoms with Crippen LogP contribution in [0.3, 0.4) is 0 Å². The van der Waals surface area contributed by atoms with Crippen LogP contribution in [0.2, 0.25) is 5.15 Å². The molecule has 7 heteroatoms. The minimum Gasteiger partial charge on any atom is -0.365 e. The van der Waals surface area contributed by atoms with Gasteiger partial charge in [0.1, 0.15) is 11.0 Å². The van der Waals surface area contributed by atoms with Crippen molar-refractivity contribution in [3.05, 3.63) is 49.3 Å². The lowest BCUT2D eigenvalue weighted by molar-refractivity contribution is -0.384. The van der Waals surface area contributed by atoms with E-state index in [-0.39, 0.29) is 10.8 Å². The number of pyridine rings is 1. The van der Waals surface area contributed by atoms with E-state index in [1.54, 1.807) is 11.3 Å². The highest BCUT2D eigenvalue weighted by molar-refractivity contribution is 7.10. The summed E-state index contributed by atoms with van der Waals surface area (Å²) in [5.74, 6) is 0.405. The normalized spacial score (nSPS) is 10.3. The fourth-order valence-electron chi connectivity index (χ4n) is 1.44. The highest BCUT2D eigenvalue weighted by atomic mass is 35.5. The lowest BCUT2D eigenvalue weighted by atomic mass is 10.3. The van der Waals surface area contributed by atoms with Crippen molar-refractivity contribution < 1.29 is 4.92 Å². The minimum absolute atomic E-state index is 0.0691. The Hall–Kier alpha value is -1.66. The Balaban J connectivity index is 2.14. The molecule has 2 heterocycles. The van der Waals surface area contributed by atoms with Crippen LogP contribution in [-0.4, -0.2) is 9.91 Å². The van der Waals surface area contributed by atoms with Crippen LogP contribution in [0.5, 0.6) is 0 Å². The molecule has 0 saturated carbocycles. The summed E-state index contributed by atoms with van der Waals surface area (Å²) in [4.78, 5) is 15.4. The molecule has 1 N–H and O–H groups in total. The molecule has 0 unspecified atom stereocenters. The molecule has 2 aromatic heterocycles. The number of nitro groups is 1. The molecule has 18 heavy (non-hydrogen) atoms. The Morgan fingerprint density at radius 1 is 1.56 bits per heavy atom. The Labute approximate surface area is 113 Å². The maximum Gasteiger partial charge on any atom is 0.276 e. The van der Waals surface area contributed by atoms with Crippen LogP contribution in [-0.2, 0) is 6.54 Å². The van der Waals surface area contributed by atoms with Gasteiger partial charge in [-0.15, -0.1) is 11.3 Å². The summed E-state index contributed by atoms with van der Waals surface area (Å²) in [6.07, 6.45) is 0. The molecule has 0 aliphatic carbocycles. The van der Waals surface area contributed by atoms with E-state index in [2.05, 4.69) is 10.3 Å². The predicted molar refractivity (Wildman–Crippen MR) is 72.3 cm³/mol. The first-order valence-electron chi connectivity index (χ1n) is 5.15. The molecule has 0 fully saturated rings. The molecule has 0 amide bonds. The molecule has 2 aromatic rings. The van der Waals surface area contributed by atoms with Crippen molar-refractivity contribution in [2.45, 2.75) is 13.5 Å². The SMILES string of the molecule is Cc1ccsc1CNc1cc([N+](=O)[O-])cc(Cl)n1. The Kier molecular flexibility index (Phi) is 3.78. The van der Waals surface area contributed by atoms with E-state index >= 15 is 0 Å². The molecule has 0 aliphatic rings. The zero-order chi connectivity index (χ0) is 13.1. The first-order valence-corrected chi connectivity index (χ1v) is 6.41. The molecular weight excluding hydrogens is 274 g/mol. The van der Waals surface area contributed by atoms with Crippen molar-refractivity contribution in [2.24, 2.45) is 0 Å². The summed E-state index contributed by atoms with van der Waals surface area (Å²) in [5.41, 5.74) is 1.12. The van der Waals surface area contributed by atoms with E-state index in [0.717, 1.165) is 0 Å². The number of hydrogen-bond donors (Lipinski definition) is 1. The van der Waals surface area contributed by atoms with Crippen LogP contribution in [0.1, 0.15) is 10.4 Å². The summed E-state index contributed by atoms with van der Waals surface area (Å²) in [5, 5.41) is 15.8. The van der Waals surface area contributed by atoms with Gasteiger partial charge in [-0.25, -0.2) is 4.98 Å². The van der Waals surface area contributed by atoms with E-state index in [4.69, 9.17) is 11.6 Å². The fraction of sp³-hybridized carbons (Fsp3) is 0.182. The first-order chi connectivity index (χ1) is 8.56. The van der Waals surface area contributed by atoms with Gasteiger partial charge < -0.3 is 5.32 Å². The third-order valence-electron chi connectivity index (χ3n) is 2.39. The standard InChI is InChI=1S/C11H10ClN3O2S/c1-7-2-3-18-9(7)6-13-11-5-8(15(16)17)4-10(12)14-11/h2-5H,6H2,1H3,(H,13,14). The van der Waals surface area contributed by atoms with Gasteiger partial charge in [0.25, 0.3) is 5.69 Å². The van der Waals surface area contributed by atoms with Crippen molar-refractivity contribution in [2.75, 3.05) is 5.32 Å². The minimum atomic E-state index is -0.491. The van der Waals surface area contributed by atoms with E-state index in [1.807, 2.05) is 18.4 Å². The van der Waals surface area contributed by atoms with Gasteiger partial charge in [0, 0.05) is 4.88 Å². The smallest absolute Gasteiger partial charge is 0.276 e. The van der Waals surface area contributed by atoms with Gasteiger partial charge in [0.2, 0.25) is 0 Å². The maximum atomic E-state index is 10.7. The zero-order valence-electron chi connectivity index (χ0n) is 9.51. The van der Waals surface area contributed by atoms with Crippen LogP contribution in [0, 0.1) is 17.0 Å². The van der Waals surface area contributed by atoms with Gasteiger partial charge in [-0.3, -0.25) is 10.1 Å². The molecule has 94 valence electrons. The topological polar surface area (TPSA) is 68.1 Å². The molecular formula is C11H10ClN3O2S. The van der Waals surface area contributed by atoms with Crippen molar-refractivity contribution >= 4 is 34.4 Å². The van der Waals surface area contributed by atoms with Crippen LogP contribution >= 0.6 is 22.9 Å². The van der Waals surface area contributed by atoms with Crippen LogP contribution in [0.25, 0.3) is 0 Å². The molecule has 0 aliphatic heterocycles. The lowest BCUT2D eigenvalue weighted by Gasteiger charge is -2.05. The van der Waals surface area contributed by atoms with Crippen molar-refractivity contribution in [3.63, 3.8) is 0 Å². The first kappa shape index (κ1) is 12.8. The molecule has 0 aromatic carbocycles. The second-order valence-corrected chi connectivity index (χ2v) is 5.06. The van der Waals surface area contributed by atoms with E-state index in [0.29, 0.717) is 12.4 Å². The number of aryl methyl sites for hydroxylation is 1. The molecule has 0 bridgehead atoms. The number of thiophene rings is 1. The number of halogens is 1. The van der Waals surface area contributed by atoms with E-state index in [1.165, 1.54) is 22.6 Å². The van der Waals surface area contributed by atoms with Crippen molar-refractivity contribution in [3.8, 4) is 0 Å². The molecule has 0 atom stereocenters. The highest BCUT2D eigenvalue weighted by Gasteiger charge is 2.10. The monoisotopic (exact) mass is 283 g/mol. The van der Waals surface area contributed by atoms with Crippen molar-refractivity contribution in [1.29, 1.82) is 0 Å². The summed E-state index contributed by atoms with van der Waals surface area (Å²) < 4.78 is 0. The quantitative estimate of drug-likeness (QED) is 0.528. The average molecular weight is 284 g/mol. The van der Waals surface area contributed by atoms with Crippen LogP contribution in [0.15, 0.2) is 23.6 Å². The number of rotatable bonds is 4. The van der Waals surface area contributed by atoms with Gasteiger partial charge >= 0.3 is 0 Å². The molecule has 0 saturated heterocycles. The summed E-state index contributed by atoms with van der Waals surface area (Å²) in [6.45, 7) is 2.59. The highest BCUT2D eigenvalue weighted by Crippen LogP contribution is 2.22. The maximum absolute atomic E-state index is 10.7. The molecule has 0 spiro atoms. The Morgan fingerprint density at radius 2 is 2.33 bits per heavy atom. The number of hydrogen-bond acceptors (Lipinski definition) is 5. The molecule has 5 nitrogen and oxygen atoms in total. The number of nitrogens with one attached hydrogen (secondary N) is 1. The largest absolute Gasteiger partial charge is 0.365 e. The predicted octanol–water partition coefficient (Wildman–Crippen LogP) is 3.63. The second-order valence-electron chi connectivity index (χ2n) is 3.67. The molecule has 0 radical (unpaired) electrons. The van der Waals surface area contributed by atoms with Crippen molar-refractivity contribution in [1.82, 2.24) is 4.98 Å². The van der Waals surface area contributed by atoms with Crippen LogP contribution < -0.4 is 5.32 Å². The van der Waals surface area contributed by atoms with Crippen LogP contribution in [0.4, 0.5) is 11.5 Å². The average Bonchev–Trinajstić information content (AvgIpc) is 2.71. The van der Waals surface area contributed by atoms with Gasteiger partial charge in [0.05, 0.1) is 23.6 Å². The number of anilines is 1. The van der Waals surface area contributed by atoms with Gasteiger partial charge in [0.15, 0.2) is 0 Å². The number of nitrogens with zero attached hydrogens (tertiary/aromatic N) is 2. The summed E-state index contributed by atoms with van der Waals surface area (Å²) in [7, 11) is 0. The van der Waals surface area contributed by atoms with E-state index in [9.17, 15) is 10.1 Å². The third-order valence-corrected chi connectivity index (χ3v) is 3.60. The third kappa shape index (κ3) is 2.96. The van der Waals surface area contributed by atoms with Gasteiger partial charge in [-0.2, -0.15) is 0 Å². The lowest BCUT2D eigenvalue weighted by Crippen LogP contribution is -2.02. The summed E-state index contributed by atoms with van der Waals surface area (Å²) in [6, 6.07) is 4.62. The number of aromatic nitrogens is 1. The second kappa shape index (κ2) is 5.32. The fourth-order valence-corrected chi connectivity index (χ4v) is 2.48. The summed E-state index contributed by atoms with van der Waals surface area (Å²) >= 11 is 7.36.